The standard InChI is InChI=1S/C13H9Cl2NO3/c14-9-5-10(13(17)18)12(16-6-9)19-7-8-3-1-2-4-11(8)15/h1-6H,7H2,(H,17,18). The number of benzene rings is 1. The fourth-order valence-corrected chi connectivity index (χ4v) is 1.80. The average molecular weight is 298 g/mol. The van der Waals surface area contributed by atoms with Gasteiger partial charge in [-0.25, -0.2) is 9.78 Å². The molecule has 0 bridgehead atoms. The Bertz CT molecular complexity index is 617. The fourth-order valence-electron chi connectivity index (χ4n) is 1.46. The van der Waals surface area contributed by atoms with Crippen LogP contribution in [0.4, 0.5) is 0 Å². The maximum Gasteiger partial charge on any atom is 0.341 e. The first-order valence-electron chi connectivity index (χ1n) is 5.33. The molecule has 6 heteroatoms. The summed E-state index contributed by atoms with van der Waals surface area (Å²) in [5, 5.41) is 9.82. The Morgan fingerprint density at radius 1 is 1.32 bits per heavy atom. The second-order valence-electron chi connectivity index (χ2n) is 3.69. The Labute approximate surface area is 119 Å². The second kappa shape index (κ2) is 5.91. The molecule has 0 amide bonds. The van der Waals surface area contributed by atoms with Crippen LogP contribution in [0.25, 0.3) is 0 Å². The predicted octanol–water partition coefficient (Wildman–Crippen LogP) is 3.67. The fraction of sp³-hybridized carbons (Fsp3) is 0.0769. The normalized spacial score (nSPS) is 10.2. The van der Waals surface area contributed by atoms with Gasteiger partial charge in [-0.15, -0.1) is 0 Å². The van der Waals surface area contributed by atoms with Crippen LogP contribution in [0.1, 0.15) is 15.9 Å². The zero-order chi connectivity index (χ0) is 13.8. The lowest BCUT2D eigenvalue weighted by Crippen LogP contribution is -2.05. The van der Waals surface area contributed by atoms with Crippen LogP contribution in [0.15, 0.2) is 36.5 Å². The van der Waals surface area contributed by atoms with Crippen molar-refractivity contribution >= 4 is 29.2 Å². The predicted molar refractivity (Wildman–Crippen MR) is 72.0 cm³/mol. The van der Waals surface area contributed by atoms with E-state index in [0.717, 1.165) is 5.56 Å². The maximum absolute atomic E-state index is 11.0. The van der Waals surface area contributed by atoms with Gasteiger partial charge in [0, 0.05) is 16.8 Å². The summed E-state index contributed by atoms with van der Waals surface area (Å²) in [6.45, 7) is 0.134. The van der Waals surface area contributed by atoms with E-state index in [0.29, 0.717) is 5.02 Å². The van der Waals surface area contributed by atoms with Gasteiger partial charge in [-0.1, -0.05) is 41.4 Å². The highest BCUT2D eigenvalue weighted by Crippen LogP contribution is 2.22. The van der Waals surface area contributed by atoms with E-state index < -0.39 is 5.97 Å². The third kappa shape index (κ3) is 3.36. The molecule has 0 saturated carbocycles. The number of carboxylic acid groups (broad SMARTS) is 1. The molecule has 1 aromatic carbocycles. The highest BCUT2D eigenvalue weighted by atomic mass is 35.5. The first kappa shape index (κ1) is 13.6. The van der Waals surface area contributed by atoms with Crippen molar-refractivity contribution in [1.82, 2.24) is 4.98 Å². The first-order valence-corrected chi connectivity index (χ1v) is 6.08. The molecule has 2 rings (SSSR count). The van der Waals surface area contributed by atoms with Gasteiger partial charge in [-0.2, -0.15) is 0 Å². The second-order valence-corrected chi connectivity index (χ2v) is 4.54. The summed E-state index contributed by atoms with van der Waals surface area (Å²) in [6, 6.07) is 8.43. The Balaban J connectivity index is 2.20. The Morgan fingerprint density at radius 3 is 2.74 bits per heavy atom. The molecule has 0 aliphatic heterocycles. The van der Waals surface area contributed by atoms with Crippen molar-refractivity contribution in [1.29, 1.82) is 0 Å². The number of hydrogen-bond acceptors (Lipinski definition) is 3. The molecule has 1 heterocycles. The van der Waals surface area contributed by atoms with Crippen LogP contribution in [0.2, 0.25) is 10.0 Å². The van der Waals surface area contributed by atoms with Crippen LogP contribution < -0.4 is 4.74 Å². The minimum atomic E-state index is -1.15. The molecule has 0 unspecified atom stereocenters. The van der Waals surface area contributed by atoms with Gasteiger partial charge in [0.15, 0.2) is 0 Å². The van der Waals surface area contributed by atoms with E-state index in [1.165, 1.54) is 12.3 Å². The minimum Gasteiger partial charge on any atom is -0.477 e. The number of ether oxygens (including phenoxy) is 1. The van der Waals surface area contributed by atoms with Crippen molar-refractivity contribution in [3.63, 3.8) is 0 Å². The van der Waals surface area contributed by atoms with E-state index in [1.807, 2.05) is 6.07 Å². The van der Waals surface area contributed by atoms with Crippen molar-refractivity contribution < 1.29 is 14.6 Å². The largest absolute Gasteiger partial charge is 0.477 e. The van der Waals surface area contributed by atoms with Crippen molar-refractivity contribution in [2.45, 2.75) is 6.61 Å². The van der Waals surface area contributed by atoms with Crippen molar-refractivity contribution in [3.05, 3.63) is 57.7 Å². The highest BCUT2D eigenvalue weighted by Gasteiger charge is 2.14. The van der Waals surface area contributed by atoms with E-state index in [2.05, 4.69) is 4.98 Å². The van der Waals surface area contributed by atoms with Crippen molar-refractivity contribution in [2.75, 3.05) is 0 Å². The van der Waals surface area contributed by atoms with Crippen LogP contribution in [-0.4, -0.2) is 16.1 Å². The lowest BCUT2D eigenvalue weighted by Gasteiger charge is -2.09. The van der Waals surface area contributed by atoms with Gasteiger partial charge in [-0.3, -0.25) is 0 Å². The van der Waals surface area contributed by atoms with Gasteiger partial charge < -0.3 is 9.84 Å². The van der Waals surface area contributed by atoms with Crippen LogP contribution in [0.5, 0.6) is 5.88 Å². The van der Waals surface area contributed by atoms with Crippen LogP contribution in [-0.2, 0) is 6.61 Å². The van der Waals surface area contributed by atoms with Crippen molar-refractivity contribution in [3.8, 4) is 5.88 Å². The number of hydrogen-bond donors (Lipinski definition) is 1. The molecule has 0 fully saturated rings. The third-order valence-electron chi connectivity index (χ3n) is 2.37. The molecule has 0 aliphatic rings. The number of carbonyl (C=O) groups is 1. The Hall–Kier alpha value is -1.78. The van der Waals surface area contributed by atoms with Crippen LogP contribution in [0, 0.1) is 0 Å². The van der Waals surface area contributed by atoms with Gasteiger partial charge in [0.1, 0.15) is 12.2 Å². The number of aromatic nitrogens is 1. The number of pyridine rings is 1. The van der Waals surface area contributed by atoms with E-state index in [9.17, 15) is 4.79 Å². The lowest BCUT2D eigenvalue weighted by atomic mass is 10.2. The molecular weight excluding hydrogens is 289 g/mol. The molecule has 19 heavy (non-hydrogen) atoms. The van der Waals surface area contributed by atoms with E-state index >= 15 is 0 Å². The summed E-state index contributed by atoms with van der Waals surface area (Å²) in [7, 11) is 0. The summed E-state index contributed by atoms with van der Waals surface area (Å²) in [5.41, 5.74) is 0.664. The van der Waals surface area contributed by atoms with Gasteiger partial charge in [-0.05, 0) is 12.1 Å². The number of carboxylic acids is 1. The molecule has 0 radical (unpaired) electrons. The van der Waals surface area contributed by atoms with E-state index in [4.69, 9.17) is 33.0 Å². The molecule has 4 nitrogen and oxygen atoms in total. The number of aromatic carboxylic acids is 1. The first-order chi connectivity index (χ1) is 9.08. The highest BCUT2D eigenvalue weighted by molar-refractivity contribution is 6.31. The molecule has 0 saturated heterocycles. The van der Waals surface area contributed by atoms with E-state index in [1.54, 1.807) is 18.2 Å². The van der Waals surface area contributed by atoms with Crippen LogP contribution >= 0.6 is 23.2 Å². The molecule has 0 atom stereocenters. The van der Waals surface area contributed by atoms with Crippen LogP contribution in [0.3, 0.4) is 0 Å². The van der Waals surface area contributed by atoms with Gasteiger partial charge in [0.2, 0.25) is 5.88 Å². The smallest absolute Gasteiger partial charge is 0.341 e. The van der Waals surface area contributed by atoms with Crippen molar-refractivity contribution in [2.24, 2.45) is 0 Å². The zero-order valence-corrected chi connectivity index (χ0v) is 11.1. The van der Waals surface area contributed by atoms with Gasteiger partial charge in [0.25, 0.3) is 0 Å². The monoisotopic (exact) mass is 297 g/mol. The minimum absolute atomic E-state index is 0.0109. The number of rotatable bonds is 4. The topological polar surface area (TPSA) is 59.4 Å². The molecule has 1 N–H and O–H groups in total. The summed E-state index contributed by atoms with van der Waals surface area (Å²) < 4.78 is 5.39. The molecular formula is C13H9Cl2NO3. The van der Waals surface area contributed by atoms with Gasteiger partial charge in [0.05, 0.1) is 5.02 Å². The maximum atomic E-state index is 11.0. The SMILES string of the molecule is O=C(O)c1cc(Cl)cnc1OCc1ccccc1Cl. The molecule has 98 valence electrons. The Kier molecular flexibility index (Phi) is 4.24. The third-order valence-corrected chi connectivity index (χ3v) is 2.95. The molecule has 0 aliphatic carbocycles. The van der Waals surface area contributed by atoms with E-state index in [-0.39, 0.29) is 23.1 Å². The number of halogens is 2. The summed E-state index contributed by atoms with van der Waals surface area (Å²) >= 11 is 11.7. The summed E-state index contributed by atoms with van der Waals surface area (Å²) in [5.74, 6) is -1.14. The zero-order valence-electron chi connectivity index (χ0n) is 9.64. The quantitative estimate of drug-likeness (QED) is 0.935. The average Bonchev–Trinajstić information content (AvgIpc) is 2.38. The summed E-state index contributed by atoms with van der Waals surface area (Å²) in [6.07, 6.45) is 1.33. The summed E-state index contributed by atoms with van der Waals surface area (Å²) in [4.78, 5) is 14.9. The Morgan fingerprint density at radius 2 is 2.05 bits per heavy atom. The molecule has 1 aromatic heterocycles. The molecule has 0 spiro atoms. The van der Waals surface area contributed by atoms with Gasteiger partial charge >= 0.3 is 5.97 Å². The molecule has 2 aromatic rings. The number of nitrogens with zero attached hydrogens (tertiary/aromatic N) is 1. The lowest BCUT2D eigenvalue weighted by molar-refractivity contribution is 0.0690.